The summed E-state index contributed by atoms with van der Waals surface area (Å²) in [4.78, 5) is 0. The molecule has 1 aromatic carbocycles. The number of nitrogens with zero attached hydrogens (tertiary/aromatic N) is 3. The number of hydrogen-bond acceptors (Lipinski definition) is 3. The molecule has 0 radical (unpaired) electrons. The second-order valence-electron chi connectivity index (χ2n) is 3.14. The molecular weight excluding hydrogens is 174 g/mol. The zero-order valence-electron chi connectivity index (χ0n) is 7.38. The van der Waals surface area contributed by atoms with Gasteiger partial charge in [-0.05, 0) is 22.9 Å². The number of hydrogen-bond donors (Lipinski definition) is 0. The van der Waals surface area contributed by atoms with Gasteiger partial charge in [0.05, 0.1) is 0 Å². The second-order valence-corrected chi connectivity index (χ2v) is 3.14. The molecule has 0 saturated carbocycles. The molecule has 1 aliphatic heterocycles. The van der Waals surface area contributed by atoms with E-state index in [0.717, 1.165) is 22.5 Å². The minimum atomic E-state index is 0.865. The maximum absolute atomic E-state index is 3.99. The smallest absolute Gasteiger partial charge is 0.123 e. The minimum absolute atomic E-state index is 0.865. The van der Waals surface area contributed by atoms with Crippen LogP contribution in [0.25, 0.3) is 5.57 Å². The number of allylic oxidation sites excluding steroid dienone is 3. The Hall–Kier alpha value is -2.03. The molecule has 0 aromatic heterocycles. The summed E-state index contributed by atoms with van der Waals surface area (Å²) in [6.07, 6.45) is 3.97. The fourth-order valence-corrected chi connectivity index (χ4v) is 1.61. The Kier molecular flexibility index (Phi) is 1.44. The van der Waals surface area contributed by atoms with Crippen LogP contribution in [0.3, 0.4) is 0 Å². The van der Waals surface area contributed by atoms with E-state index in [4.69, 9.17) is 0 Å². The molecule has 1 aromatic rings. The fraction of sp³-hybridized carbons (Fsp3) is 0. The van der Waals surface area contributed by atoms with Crippen LogP contribution in [-0.4, -0.2) is 5.71 Å². The molecule has 0 spiro atoms. The van der Waals surface area contributed by atoms with Gasteiger partial charge in [-0.1, -0.05) is 30.3 Å². The first-order valence-electron chi connectivity index (χ1n) is 4.42. The molecule has 3 rings (SSSR count). The highest BCUT2D eigenvalue weighted by atomic mass is 15.4. The number of rotatable bonds is 1. The fourth-order valence-electron chi connectivity index (χ4n) is 1.61. The lowest BCUT2D eigenvalue weighted by Gasteiger charge is -1.99. The summed E-state index contributed by atoms with van der Waals surface area (Å²) < 4.78 is 0. The first-order chi connectivity index (χ1) is 6.95. The summed E-state index contributed by atoms with van der Waals surface area (Å²) in [6.45, 7) is 0. The van der Waals surface area contributed by atoms with Crippen molar-refractivity contribution in [2.45, 2.75) is 0 Å². The molecule has 3 heteroatoms. The quantitative estimate of drug-likeness (QED) is 0.638. The van der Waals surface area contributed by atoms with Crippen LogP contribution in [0, 0.1) is 0 Å². The van der Waals surface area contributed by atoms with Gasteiger partial charge in [-0.3, -0.25) is 0 Å². The molecule has 14 heavy (non-hydrogen) atoms. The van der Waals surface area contributed by atoms with Crippen molar-refractivity contribution < 1.29 is 0 Å². The van der Waals surface area contributed by atoms with Gasteiger partial charge in [0.25, 0.3) is 0 Å². The molecular formula is C11H7N3. The Morgan fingerprint density at radius 1 is 0.929 bits per heavy atom. The molecule has 1 aliphatic carbocycles. The molecule has 0 amide bonds. The number of fused-ring (bicyclic) bond motifs is 1. The molecule has 3 nitrogen and oxygen atoms in total. The van der Waals surface area contributed by atoms with Crippen molar-refractivity contribution in [3.8, 4) is 0 Å². The first kappa shape index (κ1) is 7.38. The largest absolute Gasteiger partial charge is 0.128 e. The third-order valence-electron chi connectivity index (χ3n) is 2.29. The zero-order valence-corrected chi connectivity index (χ0v) is 7.38. The summed E-state index contributed by atoms with van der Waals surface area (Å²) in [5.41, 5.74) is 4.01. The molecule has 0 fully saturated rings. The van der Waals surface area contributed by atoms with Crippen LogP contribution in [0.4, 0.5) is 0 Å². The monoisotopic (exact) mass is 181 g/mol. The van der Waals surface area contributed by atoms with Crippen molar-refractivity contribution in [2.75, 3.05) is 0 Å². The van der Waals surface area contributed by atoms with Crippen LogP contribution < -0.4 is 0 Å². The molecule has 2 aliphatic rings. The highest BCUT2D eigenvalue weighted by Crippen LogP contribution is 2.30. The van der Waals surface area contributed by atoms with E-state index in [-0.39, 0.29) is 0 Å². The van der Waals surface area contributed by atoms with Gasteiger partial charge in [-0.25, -0.2) is 0 Å². The van der Waals surface area contributed by atoms with E-state index in [1.165, 1.54) is 0 Å². The van der Waals surface area contributed by atoms with Crippen molar-refractivity contribution in [3.05, 3.63) is 53.7 Å². The van der Waals surface area contributed by atoms with Gasteiger partial charge in [0.1, 0.15) is 11.4 Å². The van der Waals surface area contributed by atoms with Gasteiger partial charge in [0.15, 0.2) is 0 Å². The Morgan fingerprint density at radius 3 is 2.64 bits per heavy atom. The Labute approximate surface area is 81.2 Å². The van der Waals surface area contributed by atoms with Gasteiger partial charge in [0, 0.05) is 5.57 Å². The molecule has 1 heterocycles. The lowest BCUT2D eigenvalue weighted by atomic mass is 10.1. The zero-order chi connectivity index (χ0) is 9.38. The summed E-state index contributed by atoms with van der Waals surface area (Å²) in [5.74, 6) is 0. The van der Waals surface area contributed by atoms with Crippen molar-refractivity contribution in [2.24, 2.45) is 15.4 Å². The van der Waals surface area contributed by atoms with E-state index < -0.39 is 0 Å². The van der Waals surface area contributed by atoms with E-state index in [0.29, 0.717) is 0 Å². The van der Waals surface area contributed by atoms with E-state index in [9.17, 15) is 0 Å². The van der Waals surface area contributed by atoms with E-state index in [1.807, 2.05) is 30.4 Å². The van der Waals surface area contributed by atoms with Crippen molar-refractivity contribution >= 4 is 11.3 Å². The van der Waals surface area contributed by atoms with E-state index >= 15 is 0 Å². The standard InChI is InChI=1S/C11H7N3/c1-2-4-8(5-3-1)9-6-7-10-11(9)13-14-12-10/h1-7H. The highest BCUT2D eigenvalue weighted by molar-refractivity contribution is 6.19. The Balaban J connectivity index is 2.17. The maximum Gasteiger partial charge on any atom is 0.123 e. The average Bonchev–Trinajstić information content (AvgIpc) is 2.79. The van der Waals surface area contributed by atoms with Gasteiger partial charge in [-0.2, -0.15) is 0 Å². The molecule has 0 atom stereocenters. The number of benzene rings is 1. The third-order valence-corrected chi connectivity index (χ3v) is 2.29. The molecule has 0 saturated heterocycles. The average molecular weight is 181 g/mol. The van der Waals surface area contributed by atoms with Crippen molar-refractivity contribution in [3.63, 3.8) is 0 Å². The van der Waals surface area contributed by atoms with Crippen LogP contribution >= 0.6 is 0 Å². The van der Waals surface area contributed by atoms with Gasteiger partial charge in [-0.15, -0.1) is 10.2 Å². The van der Waals surface area contributed by atoms with Gasteiger partial charge < -0.3 is 0 Å². The van der Waals surface area contributed by atoms with Crippen LogP contribution in [0.15, 0.2) is 63.6 Å². The van der Waals surface area contributed by atoms with Crippen molar-refractivity contribution in [1.29, 1.82) is 0 Å². The van der Waals surface area contributed by atoms with E-state index in [1.54, 1.807) is 0 Å². The lowest BCUT2D eigenvalue weighted by Crippen LogP contribution is -1.88. The van der Waals surface area contributed by atoms with Crippen LogP contribution in [0.5, 0.6) is 0 Å². The summed E-state index contributed by atoms with van der Waals surface area (Å²) in [5, 5.41) is 11.5. The minimum Gasteiger partial charge on any atom is -0.128 e. The molecule has 66 valence electrons. The second kappa shape index (κ2) is 2.73. The van der Waals surface area contributed by atoms with Crippen LogP contribution in [0.2, 0.25) is 0 Å². The van der Waals surface area contributed by atoms with Crippen LogP contribution in [-0.2, 0) is 0 Å². The van der Waals surface area contributed by atoms with E-state index in [2.05, 4.69) is 27.6 Å². The van der Waals surface area contributed by atoms with Crippen molar-refractivity contribution in [1.82, 2.24) is 0 Å². The predicted molar refractivity (Wildman–Crippen MR) is 54.8 cm³/mol. The topological polar surface area (TPSA) is 37.1 Å². The maximum atomic E-state index is 3.99. The summed E-state index contributed by atoms with van der Waals surface area (Å²) in [7, 11) is 0. The highest BCUT2D eigenvalue weighted by Gasteiger charge is 2.20. The molecule has 0 N–H and O–H groups in total. The normalized spacial score (nSPS) is 17.6. The molecule has 0 unspecified atom stereocenters. The first-order valence-corrected chi connectivity index (χ1v) is 4.42. The lowest BCUT2D eigenvalue weighted by molar-refractivity contribution is 1.10. The van der Waals surface area contributed by atoms with Gasteiger partial charge in [0.2, 0.25) is 0 Å². The Morgan fingerprint density at radius 2 is 1.79 bits per heavy atom. The summed E-state index contributed by atoms with van der Waals surface area (Å²) >= 11 is 0. The summed E-state index contributed by atoms with van der Waals surface area (Å²) in [6, 6.07) is 10.1. The Bertz CT molecular complexity index is 493. The third kappa shape index (κ3) is 0.956. The molecule has 0 bridgehead atoms. The van der Waals surface area contributed by atoms with Crippen LogP contribution in [0.1, 0.15) is 5.56 Å². The predicted octanol–water partition coefficient (Wildman–Crippen LogP) is 2.79. The van der Waals surface area contributed by atoms with Gasteiger partial charge >= 0.3 is 0 Å². The SMILES string of the molecule is C1=CC(c2ccccc2)=C2N=NN=C12.